The Morgan fingerprint density at radius 1 is 1.12 bits per heavy atom. The minimum atomic E-state index is 0.0533. The molecular formula is C22H35NO2. The van der Waals surface area contributed by atoms with Crippen molar-refractivity contribution < 1.29 is 9.53 Å². The Morgan fingerprint density at radius 3 is 2.44 bits per heavy atom. The zero-order valence-electron chi connectivity index (χ0n) is 16.4. The van der Waals surface area contributed by atoms with Crippen molar-refractivity contribution in [3.8, 4) is 5.75 Å². The monoisotopic (exact) mass is 345 g/mol. The van der Waals surface area contributed by atoms with Gasteiger partial charge in [0.1, 0.15) is 5.75 Å². The quantitative estimate of drug-likeness (QED) is 0.405. The highest BCUT2D eigenvalue weighted by Gasteiger charge is 2.10. The molecule has 0 heterocycles. The first-order valence-electron chi connectivity index (χ1n) is 9.76. The van der Waals surface area contributed by atoms with Crippen LogP contribution < -0.4 is 10.1 Å². The Kier molecular flexibility index (Phi) is 10.7. The lowest BCUT2D eigenvalue weighted by molar-refractivity contribution is -0.121. The summed E-state index contributed by atoms with van der Waals surface area (Å²) in [5.41, 5.74) is 1.20. The number of benzene rings is 1. The molecule has 1 unspecified atom stereocenters. The summed E-state index contributed by atoms with van der Waals surface area (Å²) in [4.78, 5) is 12.0. The van der Waals surface area contributed by atoms with Crippen LogP contribution >= 0.6 is 0 Å². The molecule has 1 rings (SSSR count). The second kappa shape index (κ2) is 12.6. The third-order valence-electron chi connectivity index (χ3n) is 3.92. The van der Waals surface area contributed by atoms with Crippen LogP contribution in [0.15, 0.2) is 36.4 Å². The molecule has 0 fully saturated rings. The van der Waals surface area contributed by atoms with Gasteiger partial charge in [-0.25, -0.2) is 0 Å². The highest BCUT2D eigenvalue weighted by Crippen LogP contribution is 2.15. The first-order chi connectivity index (χ1) is 12.0. The third-order valence-corrected chi connectivity index (χ3v) is 3.92. The molecule has 3 nitrogen and oxygen atoms in total. The molecule has 0 aliphatic rings. The predicted molar refractivity (Wildman–Crippen MR) is 106 cm³/mol. The maximum absolute atomic E-state index is 12.0. The molecule has 0 saturated heterocycles. The van der Waals surface area contributed by atoms with E-state index in [1.54, 1.807) is 0 Å². The average molecular weight is 346 g/mol. The molecule has 140 valence electrons. The first kappa shape index (κ1) is 21.3. The number of nitrogens with one attached hydrogen (secondary N) is 1. The summed E-state index contributed by atoms with van der Waals surface area (Å²) >= 11 is 0. The number of carbonyl (C=O) groups is 1. The van der Waals surface area contributed by atoms with Crippen molar-refractivity contribution in [1.29, 1.82) is 0 Å². The van der Waals surface area contributed by atoms with Gasteiger partial charge in [0.05, 0.1) is 12.1 Å². The summed E-state index contributed by atoms with van der Waals surface area (Å²) in [7, 11) is 0. The molecule has 0 saturated carbocycles. The summed E-state index contributed by atoms with van der Waals surface area (Å²) in [5.74, 6) is 1.02. The van der Waals surface area contributed by atoms with Crippen LogP contribution in [0.25, 0.3) is 0 Å². The van der Waals surface area contributed by atoms with E-state index < -0.39 is 0 Å². The van der Waals surface area contributed by atoms with Crippen molar-refractivity contribution in [2.45, 2.75) is 84.8 Å². The van der Waals surface area contributed by atoms with Crippen LogP contribution in [0.2, 0.25) is 0 Å². The topological polar surface area (TPSA) is 38.3 Å². The van der Waals surface area contributed by atoms with Gasteiger partial charge >= 0.3 is 0 Å². The second-order valence-corrected chi connectivity index (χ2v) is 6.86. The molecular weight excluding hydrogens is 310 g/mol. The number of allylic oxidation sites excluding steroid dienone is 1. The van der Waals surface area contributed by atoms with Crippen LogP contribution in [0, 0.1) is 0 Å². The summed E-state index contributed by atoms with van der Waals surface area (Å²) in [6.07, 6.45) is 11.6. The number of unbranched alkanes of at least 4 members (excludes halogenated alkanes) is 3. The van der Waals surface area contributed by atoms with Crippen LogP contribution in [0.3, 0.4) is 0 Å². The van der Waals surface area contributed by atoms with E-state index in [0.29, 0.717) is 6.42 Å². The van der Waals surface area contributed by atoms with Crippen molar-refractivity contribution in [3.63, 3.8) is 0 Å². The minimum absolute atomic E-state index is 0.0533. The smallest absolute Gasteiger partial charge is 0.220 e. The van der Waals surface area contributed by atoms with E-state index in [1.807, 2.05) is 32.9 Å². The van der Waals surface area contributed by atoms with Crippen molar-refractivity contribution in [3.05, 3.63) is 42.0 Å². The summed E-state index contributed by atoms with van der Waals surface area (Å²) in [6.45, 7) is 8.29. The first-order valence-corrected chi connectivity index (χ1v) is 9.76. The summed E-state index contributed by atoms with van der Waals surface area (Å²) in [5, 5.41) is 3.15. The molecule has 1 aromatic carbocycles. The van der Waals surface area contributed by atoms with E-state index in [0.717, 1.165) is 25.0 Å². The van der Waals surface area contributed by atoms with Crippen LogP contribution in [0.4, 0.5) is 0 Å². The fourth-order valence-electron chi connectivity index (χ4n) is 2.68. The molecule has 1 amide bonds. The molecule has 1 N–H and O–H groups in total. The van der Waals surface area contributed by atoms with Gasteiger partial charge in [0.2, 0.25) is 5.91 Å². The van der Waals surface area contributed by atoms with E-state index in [4.69, 9.17) is 4.74 Å². The Labute approximate surface area is 153 Å². The van der Waals surface area contributed by atoms with Gasteiger partial charge < -0.3 is 10.1 Å². The highest BCUT2D eigenvalue weighted by molar-refractivity contribution is 5.76. The molecule has 0 aliphatic heterocycles. The molecule has 1 atom stereocenters. The van der Waals surface area contributed by atoms with Gasteiger partial charge in [0.25, 0.3) is 0 Å². The lowest BCUT2D eigenvalue weighted by Crippen LogP contribution is -2.34. The van der Waals surface area contributed by atoms with Crippen LogP contribution in [-0.4, -0.2) is 18.1 Å². The maximum Gasteiger partial charge on any atom is 0.220 e. The van der Waals surface area contributed by atoms with Crippen LogP contribution in [0.5, 0.6) is 5.75 Å². The number of ether oxygens (including phenoxy) is 1. The molecule has 3 heteroatoms. The van der Waals surface area contributed by atoms with E-state index in [-0.39, 0.29) is 18.1 Å². The maximum atomic E-state index is 12.0. The lowest BCUT2D eigenvalue weighted by Gasteiger charge is -2.16. The minimum Gasteiger partial charge on any atom is -0.491 e. The Hall–Kier alpha value is -1.77. The SMILES string of the molecule is CCCCC/C=C/C(Cc1ccc(OC(C)C)cc1)NC(=O)CCC. The van der Waals surface area contributed by atoms with Gasteiger partial charge in [-0.15, -0.1) is 0 Å². The molecule has 0 spiro atoms. The molecule has 25 heavy (non-hydrogen) atoms. The van der Waals surface area contributed by atoms with E-state index >= 15 is 0 Å². The third kappa shape index (κ3) is 9.96. The molecule has 0 aromatic heterocycles. The summed E-state index contributed by atoms with van der Waals surface area (Å²) in [6, 6.07) is 8.23. The average Bonchev–Trinajstić information content (AvgIpc) is 2.56. The predicted octanol–water partition coefficient (Wildman–Crippen LogP) is 5.44. The number of amides is 1. The van der Waals surface area contributed by atoms with E-state index in [9.17, 15) is 4.79 Å². The Morgan fingerprint density at radius 2 is 1.84 bits per heavy atom. The zero-order valence-corrected chi connectivity index (χ0v) is 16.4. The second-order valence-electron chi connectivity index (χ2n) is 6.86. The van der Waals surface area contributed by atoms with E-state index in [2.05, 4.69) is 36.5 Å². The number of hydrogen-bond donors (Lipinski definition) is 1. The van der Waals surface area contributed by atoms with Gasteiger partial charge in [-0.2, -0.15) is 0 Å². The molecule has 0 radical (unpaired) electrons. The standard InChI is InChI=1S/C22H35NO2/c1-5-7-8-9-10-12-20(23-22(24)11-6-2)17-19-13-15-21(16-14-19)25-18(3)4/h10,12-16,18,20H,5-9,11,17H2,1-4H3,(H,23,24)/b12-10+. The lowest BCUT2D eigenvalue weighted by atomic mass is 10.0. The van der Waals surface area contributed by atoms with Gasteiger partial charge in [0, 0.05) is 6.42 Å². The number of hydrogen-bond acceptors (Lipinski definition) is 2. The Balaban J connectivity index is 2.65. The molecule has 0 aliphatic carbocycles. The number of rotatable bonds is 12. The van der Waals surface area contributed by atoms with Gasteiger partial charge in [-0.05, 0) is 57.2 Å². The van der Waals surface area contributed by atoms with Gasteiger partial charge in [0.15, 0.2) is 0 Å². The highest BCUT2D eigenvalue weighted by atomic mass is 16.5. The molecule has 0 bridgehead atoms. The molecule has 1 aromatic rings. The zero-order chi connectivity index (χ0) is 18.5. The van der Waals surface area contributed by atoms with Gasteiger partial charge in [-0.3, -0.25) is 4.79 Å². The van der Waals surface area contributed by atoms with Gasteiger partial charge in [-0.1, -0.05) is 51.0 Å². The summed E-state index contributed by atoms with van der Waals surface area (Å²) < 4.78 is 5.69. The van der Waals surface area contributed by atoms with E-state index in [1.165, 1.54) is 24.8 Å². The normalized spacial score (nSPS) is 12.5. The van der Waals surface area contributed by atoms with Crippen LogP contribution in [-0.2, 0) is 11.2 Å². The van der Waals surface area contributed by atoms with Crippen molar-refractivity contribution >= 4 is 5.91 Å². The van der Waals surface area contributed by atoms with Crippen molar-refractivity contribution in [1.82, 2.24) is 5.32 Å². The fourth-order valence-corrected chi connectivity index (χ4v) is 2.68. The fraction of sp³-hybridized carbons (Fsp3) is 0.591. The Bertz CT molecular complexity index is 505. The van der Waals surface area contributed by atoms with Crippen molar-refractivity contribution in [2.75, 3.05) is 0 Å². The van der Waals surface area contributed by atoms with Crippen molar-refractivity contribution in [2.24, 2.45) is 0 Å². The van der Waals surface area contributed by atoms with Crippen LogP contribution in [0.1, 0.15) is 71.8 Å². The largest absolute Gasteiger partial charge is 0.491 e. The number of carbonyl (C=O) groups excluding carboxylic acids is 1.